The molecule has 126 valence electrons. The number of phenolic OH excluding ortho intramolecular Hbond substituents is 1. The topological polar surface area (TPSA) is 77.9 Å². The van der Waals surface area contributed by atoms with E-state index >= 15 is 0 Å². The Morgan fingerprint density at radius 2 is 2.00 bits per heavy atom. The number of carbonyl (C=O) groups excluding carboxylic acids is 1. The second-order valence-corrected chi connectivity index (χ2v) is 8.72. The second kappa shape index (κ2) is 5.96. The summed E-state index contributed by atoms with van der Waals surface area (Å²) in [7, 11) is -3.27. The molecule has 3 heterocycles. The van der Waals surface area contributed by atoms with Crippen molar-refractivity contribution in [3.63, 3.8) is 0 Å². The average molecular weight is 359 g/mol. The molecule has 3 aliphatic heterocycles. The lowest BCUT2D eigenvalue weighted by atomic mass is 9.94. The number of hydrogen-bond acceptors (Lipinski definition) is 4. The zero-order chi connectivity index (χ0) is 16.8. The number of halogens is 1. The van der Waals surface area contributed by atoms with E-state index in [4.69, 9.17) is 11.6 Å². The zero-order valence-electron chi connectivity index (χ0n) is 12.8. The van der Waals surface area contributed by atoms with Crippen LogP contribution in [0.2, 0.25) is 5.02 Å². The summed E-state index contributed by atoms with van der Waals surface area (Å²) in [5.74, 6) is -0.298. The Labute approximate surface area is 140 Å². The first-order valence-corrected chi connectivity index (χ1v) is 9.73. The van der Waals surface area contributed by atoms with Crippen LogP contribution in [0, 0.1) is 5.92 Å². The molecule has 1 amide bonds. The molecule has 3 aliphatic rings. The molecule has 2 atom stereocenters. The highest BCUT2D eigenvalue weighted by Crippen LogP contribution is 2.32. The summed E-state index contributed by atoms with van der Waals surface area (Å²) in [6.07, 6.45) is 2.89. The van der Waals surface area contributed by atoms with E-state index in [0.29, 0.717) is 24.7 Å². The fourth-order valence-electron chi connectivity index (χ4n) is 3.40. The number of sulfonamides is 1. The summed E-state index contributed by atoms with van der Waals surface area (Å²) >= 11 is 5.81. The molecule has 3 fully saturated rings. The number of amides is 1. The number of benzene rings is 1. The quantitative estimate of drug-likeness (QED) is 0.869. The molecule has 0 saturated carbocycles. The molecule has 0 aromatic heterocycles. The van der Waals surface area contributed by atoms with E-state index in [0.717, 1.165) is 12.8 Å². The van der Waals surface area contributed by atoms with Crippen LogP contribution < -0.4 is 0 Å². The minimum absolute atomic E-state index is 0.127. The number of piperidine rings is 1. The van der Waals surface area contributed by atoms with Gasteiger partial charge in [-0.1, -0.05) is 11.6 Å². The fourth-order valence-corrected chi connectivity index (χ4v) is 4.49. The normalized spacial score (nSPS) is 25.4. The van der Waals surface area contributed by atoms with Crippen molar-refractivity contribution in [1.29, 1.82) is 0 Å². The van der Waals surface area contributed by atoms with Crippen molar-refractivity contribution >= 4 is 27.5 Å². The van der Waals surface area contributed by atoms with Crippen molar-refractivity contribution in [1.82, 2.24) is 9.21 Å². The molecular weight excluding hydrogens is 340 g/mol. The van der Waals surface area contributed by atoms with Gasteiger partial charge in [0, 0.05) is 30.7 Å². The van der Waals surface area contributed by atoms with Crippen molar-refractivity contribution < 1.29 is 18.3 Å². The van der Waals surface area contributed by atoms with E-state index in [1.54, 1.807) is 11.0 Å². The Morgan fingerprint density at radius 3 is 2.65 bits per heavy atom. The highest BCUT2D eigenvalue weighted by Gasteiger charge is 2.40. The third-order valence-electron chi connectivity index (χ3n) is 4.60. The Morgan fingerprint density at radius 1 is 1.26 bits per heavy atom. The monoisotopic (exact) mass is 358 g/mol. The van der Waals surface area contributed by atoms with Crippen LogP contribution in [0.25, 0.3) is 0 Å². The lowest BCUT2D eigenvalue weighted by molar-refractivity contribution is 0.0586. The van der Waals surface area contributed by atoms with Crippen molar-refractivity contribution in [2.75, 3.05) is 25.9 Å². The van der Waals surface area contributed by atoms with Gasteiger partial charge in [-0.2, -0.15) is 4.31 Å². The lowest BCUT2D eigenvalue weighted by Gasteiger charge is -2.36. The Balaban J connectivity index is 1.88. The summed E-state index contributed by atoms with van der Waals surface area (Å²) in [5, 5.41) is 10.3. The molecule has 3 saturated heterocycles. The molecule has 6 nitrogen and oxygen atoms in total. The predicted octanol–water partition coefficient (Wildman–Crippen LogP) is 1.54. The van der Waals surface area contributed by atoms with Crippen LogP contribution in [0.5, 0.6) is 5.75 Å². The third kappa shape index (κ3) is 3.32. The van der Waals surface area contributed by atoms with Gasteiger partial charge < -0.3 is 10.0 Å². The molecule has 1 aromatic carbocycles. The fraction of sp³-hybridized carbons (Fsp3) is 0.533. The van der Waals surface area contributed by atoms with Crippen molar-refractivity contribution in [3.05, 3.63) is 28.8 Å². The molecule has 8 heteroatoms. The number of phenols is 1. The van der Waals surface area contributed by atoms with E-state index in [2.05, 4.69) is 0 Å². The smallest absolute Gasteiger partial charge is 0.257 e. The summed E-state index contributed by atoms with van der Waals surface area (Å²) in [5.41, 5.74) is 0.202. The number of aromatic hydroxyl groups is 1. The van der Waals surface area contributed by atoms with Gasteiger partial charge in [-0.25, -0.2) is 8.42 Å². The minimum Gasteiger partial charge on any atom is -0.507 e. The summed E-state index contributed by atoms with van der Waals surface area (Å²) in [6, 6.07) is 4.25. The maximum absolute atomic E-state index is 12.8. The van der Waals surface area contributed by atoms with E-state index in [-0.39, 0.29) is 29.2 Å². The van der Waals surface area contributed by atoms with Crippen molar-refractivity contribution in [3.8, 4) is 5.75 Å². The molecule has 0 aliphatic carbocycles. The van der Waals surface area contributed by atoms with Gasteiger partial charge in [0.15, 0.2) is 0 Å². The van der Waals surface area contributed by atoms with Crippen LogP contribution in [0.4, 0.5) is 0 Å². The minimum atomic E-state index is -3.27. The van der Waals surface area contributed by atoms with E-state index in [9.17, 15) is 18.3 Å². The van der Waals surface area contributed by atoms with Gasteiger partial charge in [-0.15, -0.1) is 0 Å². The maximum atomic E-state index is 12.8. The van der Waals surface area contributed by atoms with E-state index in [1.165, 1.54) is 22.7 Å². The van der Waals surface area contributed by atoms with E-state index in [1.807, 2.05) is 0 Å². The average Bonchev–Trinajstić information content (AvgIpc) is 2.78. The molecule has 2 bridgehead atoms. The molecule has 1 N–H and O–H groups in total. The zero-order valence-corrected chi connectivity index (χ0v) is 14.3. The number of nitrogens with zero attached hydrogens (tertiary/aromatic N) is 2. The van der Waals surface area contributed by atoms with Gasteiger partial charge in [0.05, 0.1) is 11.8 Å². The van der Waals surface area contributed by atoms with Crippen LogP contribution in [0.3, 0.4) is 0 Å². The van der Waals surface area contributed by atoms with Gasteiger partial charge in [0.2, 0.25) is 10.0 Å². The SMILES string of the molecule is CS(=O)(=O)N1C[C@H]2CC[C@@H](C1)N(C(=O)c1ccc(Cl)cc1O)C2. The number of carbonyl (C=O) groups is 1. The van der Waals surface area contributed by atoms with Crippen LogP contribution in [0.1, 0.15) is 23.2 Å². The molecule has 23 heavy (non-hydrogen) atoms. The van der Waals surface area contributed by atoms with Gasteiger partial charge in [0.25, 0.3) is 5.91 Å². The van der Waals surface area contributed by atoms with Gasteiger partial charge >= 0.3 is 0 Å². The Kier molecular flexibility index (Phi) is 4.29. The van der Waals surface area contributed by atoms with E-state index < -0.39 is 10.0 Å². The first-order chi connectivity index (χ1) is 10.8. The summed E-state index contributed by atoms with van der Waals surface area (Å²) in [4.78, 5) is 14.5. The maximum Gasteiger partial charge on any atom is 0.257 e. The molecule has 0 unspecified atom stereocenters. The molecule has 0 spiro atoms. The summed E-state index contributed by atoms with van der Waals surface area (Å²) < 4.78 is 25.2. The lowest BCUT2D eigenvalue weighted by Crippen LogP contribution is -2.47. The number of fused-ring (bicyclic) bond motifs is 4. The first-order valence-electron chi connectivity index (χ1n) is 7.50. The Hall–Kier alpha value is -1.31. The Bertz CT molecular complexity index is 737. The third-order valence-corrected chi connectivity index (χ3v) is 6.07. The molecular formula is C15H19ClN2O4S. The van der Waals surface area contributed by atoms with Crippen LogP contribution in [-0.4, -0.2) is 60.6 Å². The van der Waals surface area contributed by atoms with Gasteiger partial charge in [0.1, 0.15) is 5.75 Å². The molecule has 0 radical (unpaired) electrons. The van der Waals surface area contributed by atoms with Gasteiger partial charge in [-0.05, 0) is 37.0 Å². The second-order valence-electron chi connectivity index (χ2n) is 6.30. The van der Waals surface area contributed by atoms with Crippen molar-refractivity contribution in [2.24, 2.45) is 5.92 Å². The van der Waals surface area contributed by atoms with Gasteiger partial charge in [-0.3, -0.25) is 4.79 Å². The predicted molar refractivity (Wildman–Crippen MR) is 87.1 cm³/mol. The summed E-state index contributed by atoms with van der Waals surface area (Å²) in [6.45, 7) is 1.28. The highest BCUT2D eigenvalue weighted by atomic mass is 35.5. The number of hydrogen-bond donors (Lipinski definition) is 1. The molecule has 1 aromatic rings. The first kappa shape index (κ1) is 16.5. The largest absolute Gasteiger partial charge is 0.507 e. The van der Waals surface area contributed by atoms with Crippen LogP contribution >= 0.6 is 11.6 Å². The van der Waals surface area contributed by atoms with Crippen LogP contribution in [-0.2, 0) is 10.0 Å². The van der Waals surface area contributed by atoms with Crippen LogP contribution in [0.15, 0.2) is 18.2 Å². The molecule has 4 rings (SSSR count). The standard InChI is InChI=1S/C15H19ClN2O4S/c1-23(21,22)17-7-10-2-4-12(9-17)18(8-10)15(20)13-5-3-11(16)6-14(13)19/h3,5-6,10,12,19H,2,4,7-9H2,1H3/t10-,12+/m1/s1. The van der Waals surface area contributed by atoms with Crippen molar-refractivity contribution in [2.45, 2.75) is 18.9 Å². The highest BCUT2D eigenvalue weighted by molar-refractivity contribution is 7.88. The number of rotatable bonds is 2.